The fourth-order valence-corrected chi connectivity index (χ4v) is 1.99. The third-order valence-corrected chi connectivity index (χ3v) is 3.32. The van der Waals surface area contributed by atoms with Crippen molar-refractivity contribution in [1.29, 1.82) is 0 Å². The van der Waals surface area contributed by atoms with Crippen LogP contribution in [0.15, 0.2) is 51.9 Å². The number of hydrogen-bond acceptors (Lipinski definition) is 2. The quantitative estimate of drug-likeness (QED) is 0.947. The normalized spacial score (nSPS) is 10.3. The molecule has 0 aliphatic rings. The summed E-state index contributed by atoms with van der Waals surface area (Å²) in [5, 5.41) is 8.78. The minimum atomic E-state index is -1.10. The molecule has 1 aromatic carbocycles. The number of nitrogens with zero attached hydrogens (tertiary/aromatic N) is 1. The van der Waals surface area contributed by atoms with Gasteiger partial charge in [0.1, 0.15) is 0 Å². The average molecular weight is 308 g/mol. The number of carboxylic acids is 1. The summed E-state index contributed by atoms with van der Waals surface area (Å²) < 4.78 is 2.38. The molecule has 1 N–H and O–H groups in total. The van der Waals surface area contributed by atoms with Crippen LogP contribution in [0.1, 0.15) is 15.9 Å². The highest BCUT2D eigenvalue weighted by Gasteiger charge is 2.06. The summed E-state index contributed by atoms with van der Waals surface area (Å²) in [4.78, 5) is 22.5. The van der Waals surface area contributed by atoms with Crippen LogP contribution in [0.5, 0.6) is 0 Å². The molecule has 1 aromatic heterocycles. The van der Waals surface area contributed by atoms with E-state index < -0.39 is 5.97 Å². The van der Waals surface area contributed by atoms with E-state index >= 15 is 0 Å². The first kappa shape index (κ1) is 12.6. The monoisotopic (exact) mass is 307 g/mol. The van der Waals surface area contributed by atoms with Gasteiger partial charge in [0.25, 0.3) is 5.56 Å². The third-order valence-electron chi connectivity index (χ3n) is 2.54. The Bertz CT molecular complexity index is 649. The van der Waals surface area contributed by atoms with Crippen LogP contribution in [0.4, 0.5) is 0 Å². The number of pyridine rings is 1. The van der Waals surface area contributed by atoms with E-state index in [0.717, 1.165) is 16.1 Å². The lowest BCUT2D eigenvalue weighted by atomic mass is 10.2. The summed E-state index contributed by atoms with van der Waals surface area (Å²) in [6, 6.07) is 10.1. The lowest BCUT2D eigenvalue weighted by Gasteiger charge is -2.07. The first-order valence-electron chi connectivity index (χ1n) is 5.25. The highest BCUT2D eigenvalue weighted by Crippen LogP contribution is 2.16. The van der Waals surface area contributed by atoms with Crippen molar-refractivity contribution in [2.75, 3.05) is 0 Å². The zero-order chi connectivity index (χ0) is 13.1. The first-order chi connectivity index (χ1) is 8.58. The minimum Gasteiger partial charge on any atom is -0.478 e. The Morgan fingerprint density at radius 3 is 2.61 bits per heavy atom. The third kappa shape index (κ3) is 2.68. The number of aromatic carboxylic acids is 1. The molecule has 2 aromatic rings. The molecule has 4 nitrogen and oxygen atoms in total. The number of benzene rings is 1. The molecule has 0 atom stereocenters. The summed E-state index contributed by atoms with van der Waals surface area (Å²) in [5.41, 5.74) is 0.636. The van der Waals surface area contributed by atoms with Gasteiger partial charge in [-0.3, -0.25) is 4.79 Å². The Kier molecular flexibility index (Phi) is 3.62. The van der Waals surface area contributed by atoms with Crippen molar-refractivity contribution in [3.63, 3.8) is 0 Å². The number of aromatic nitrogens is 1. The predicted molar refractivity (Wildman–Crippen MR) is 70.9 cm³/mol. The fraction of sp³-hybridized carbons (Fsp3) is 0.0769. The highest BCUT2D eigenvalue weighted by atomic mass is 79.9. The molecule has 5 heteroatoms. The van der Waals surface area contributed by atoms with E-state index in [9.17, 15) is 9.59 Å². The number of hydrogen-bond donors (Lipinski definition) is 1. The van der Waals surface area contributed by atoms with E-state index in [0.29, 0.717) is 6.54 Å². The molecule has 0 aliphatic heterocycles. The topological polar surface area (TPSA) is 59.3 Å². The summed E-state index contributed by atoms with van der Waals surface area (Å²) in [6.45, 7) is 0.403. The van der Waals surface area contributed by atoms with Gasteiger partial charge in [-0.2, -0.15) is 0 Å². The number of carboxylic acid groups (broad SMARTS) is 1. The Balaban J connectivity index is 2.34. The molecule has 1 heterocycles. The molecule has 0 aliphatic carbocycles. The van der Waals surface area contributed by atoms with E-state index in [1.165, 1.54) is 16.8 Å². The van der Waals surface area contributed by atoms with Gasteiger partial charge in [-0.15, -0.1) is 0 Å². The Morgan fingerprint density at radius 2 is 2.00 bits per heavy atom. The predicted octanol–water partition coefficient (Wildman–Crippen LogP) is 2.36. The van der Waals surface area contributed by atoms with Crippen LogP contribution in [0.25, 0.3) is 0 Å². The molecule has 2 rings (SSSR count). The fourth-order valence-electron chi connectivity index (χ4n) is 1.58. The summed E-state index contributed by atoms with van der Waals surface area (Å²) in [7, 11) is 0. The highest BCUT2D eigenvalue weighted by molar-refractivity contribution is 9.10. The minimum absolute atomic E-state index is 0.00313. The maximum atomic E-state index is 11.7. The van der Waals surface area contributed by atoms with Crippen molar-refractivity contribution in [2.45, 2.75) is 6.54 Å². The van der Waals surface area contributed by atoms with Crippen molar-refractivity contribution < 1.29 is 9.90 Å². The molecule has 0 bridgehead atoms. The van der Waals surface area contributed by atoms with Gasteiger partial charge in [0.05, 0.1) is 12.1 Å². The zero-order valence-electron chi connectivity index (χ0n) is 9.34. The molecule has 0 amide bonds. The van der Waals surface area contributed by atoms with Crippen molar-refractivity contribution in [3.05, 3.63) is 68.5 Å². The summed E-state index contributed by atoms with van der Waals surface area (Å²) in [6.07, 6.45) is 1.49. The second kappa shape index (κ2) is 5.18. The van der Waals surface area contributed by atoms with Gasteiger partial charge in [0.15, 0.2) is 0 Å². The van der Waals surface area contributed by atoms with Gasteiger partial charge >= 0.3 is 5.97 Å². The maximum absolute atomic E-state index is 11.7. The first-order valence-corrected chi connectivity index (χ1v) is 6.04. The Labute approximate surface area is 112 Å². The SMILES string of the molecule is O=C(O)c1ccn(Cc2ccccc2Br)c(=O)c1. The van der Waals surface area contributed by atoms with Gasteiger partial charge in [-0.1, -0.05) is 34.1 Å². The van der Waals surface area contributed by atoms with Crippen LogP contribution in [0.3, 0.4) is 0 Å². The molecule has 92 valence electrons. The van der Waals surface area contributed by atoms with Crippen LogP contribution in [0.2, 0.25) is 0 Å². The van der Waals surface area contributed by atoms with Gasteiger partial charge in [-0.05, 0) is 17.7 Å². The van der Waals surface area contributed by atoms with Gasteiger partial charge in [-0.25, -0.2) is 4.79 Å². The lowest BCUT2D eigenvalue weighted by molar-refractivity contribution is 0.0696. The Morgan fingerprint density at radius 1 is 1.28 bits per heavy atom. The van der Waals surface area contributed by atoms with E-state index in [2.05, 4.69) is 15.9 Å². The van der Waals surface area contributed by atoms with Crippen LogP contribution in [-0.2, 0) is 6.54 Å². The van der Waals surface area contributed by atoms with E-state index in [1.54, 1.807) is 0 Å². The second-order valence-corrected chi connectivity index (χ2v) is 4.63. The molecule has 0 unspecified atom stereocenters. The van der Waals surface area contributed by atoms with Crippen LogP contribution >= 0.6 is 15.9 Å². The van der Waals surface area contributed by atoms with E-state index in [4.69, 9.17) is 5.11 Å². The van der Waals surface area contributed by atoms with Gasteiger partial charge < -0.3 is 9.67 Å². The number of rotatable bonds is 3. The van der Waals surface area contributed by atoms with Crippen molar-refractivity contribution >= 4 is 21.9 Å². The molecule has 18 heavy (non-hydrogen) atoms. The summed E-state index contributed by atoms with van der Waals surface area (Å²) >= 11 is 3.41. The largest absolute Gasteiger partial charge is 0.478 e. The molecule has 0 spiro atoms. The molecule has 0 fully saturated rings. The second-order valence-electron chi connectivity index (χ2n) is 3.78. The van der Waals surface area contributed by atoms with Crippen molar-refractivity contribution in [1.82, 2.24) is 4.57 Å². The van der Waals surface area contributed by atoms with Crippen molar-refractivity contribution in [3.8, 4) is 0 Å². The lowest BCUT2D eigenvalue weighted by Crippen LogP contribution is -2.20. The number of halogens is 1. The molecular formula is C13H10BrNO3. The van der Waals surface area contributed by atoms with Crippen LogP contribution in [-0.4, -0.2) is 15.6 Å². The molecule has 0 saturated carbocycles. The number of carbonyl (C=O) groups is 1. The summed E-state index contributed by atoms with van der Waals surface area (Å²) in [5.74, 6) is -1.10. The Hall–Kier alpha value is -1.88. The molecule has 0 radical (unpaired) electrons. The zero-order valence-corrected chi connectivity index (χ0v) is 10.9. The van der Waals surface area contributed by atoms with E-state index in [-0.39, 0.29) is 11.1 Å². The van der Waals surface area contributed by atoms with E-state index in [1.807, 2.05) is 24.3 Å². The van der Waals surface area contributed by atoms with Crippen LogP contribution < -0.4 is 5.56 Å². The van der Waals surface area contributed by atoms with Gasteiger partial charge in [0.2, 0.25) is 0 Å². The smallest absolute Gasteiger partial charge is 0.335 e. The average Bonchev–Trinajstić information content (AvgIpc) is 2.34. The maximum Gasteiger partial charge on any atom is 0.335 e. The molecular weight excluding hydrogens is 298 g/mol. The molecule has 0 saturated heterocycles. The van der Waals surface area contributed by atoms with Crippen LogP contribution in [0, 0.1) is 0 Å². The van der Waals surface area contributed by atoms with Gasteiger partial charge in [0, 0.05) is 16.7 Å². The van der Waals surface area contributed by atoms with Crippen molar-refractivity contribution in [2.24, 2.45) is 0 Å². The standard InChI is InChI=1S/C13H10BrNO3/c14-11-4-2-1-3-10(11)8-15-6-5-9(13(17)18)7-12(15)16/h1-7H,8H2,(H,17,18).